The van der Waals surface area contributed by atoms with Gasteiger partial charge in [0, 0.05) is 11.3 Å². The van der Waals surface area contributed by atoms with Crippen molar-refractivity contribution in [2.75, 3.05) is 17.9 Å². The fourth-order valence-electron chi connectivity index (χ4n) is 2.86. The van der Waals surface area contributed by atoms with Gasteiger partial charge in [-0.15, -0.1) is 0 Å². The predicted molar refractivity (Wildman–Crippen MR) is 127 cm³/mol. The summed E-state index contributed by atoms with van der Waals surface area (Å²) < 4.78 is 38.7. The Morgan fingerprint density at radius 3 is 2.21 bits per heavy atom. The van der Waals surface area contributed by atoms with Gasteiger partial charge < -0.3 is 9.47 Å². The zero-order chi connectivity index (χ0) is 24.6. The van der Waals surface area contributed by atoms with Crippen molar-refractivity contribution in [1.29, 1.82) is 0 Å². The molecule has 0 saturated carbocycles. The number of hydrogen-bond acceptors (Lipinski definition) is 6. The number of anilines is 1. The van der Waals surface area contributed by atoms with Gasteiger partial charge in [-0.3, -0.25) is 25.2 Å². The van der Waals surface area contributed by atoms with Crippen molar-refractivity contribution in [3.05, 3.63) is 83.9 Å². The Morgan fingerprint density at radius 2 is 1.53 bits per heavy atom. The van der Waals surface area contributed by atoms with Gasteiger partial charge in [-0.1, -0.05) is 35.9 Å². The molecule has 0 radical (unpaired) electrons. The molecule has 10 heteroatoms. The second-order valence-electron chi connectivity index (χ2n) is 7.17. The van der Waals surface area contributed by atoms with Crippen molar-refractivity contribution in [3.63, 3.8) is 0 Å². The first-order valence-corrected chi connectivity index (χ1v) is 11.9. The van der Waals surface area contributed by atoms with Crippen LogP contribution in [0.25, 0.3) is 0 Å². The molecule has 178 valence electrons. The monoisotopic (exact) mass is 483 g/mol. The third kappa shape index (κ3) is 6.72. The van der Waals surface area contributed by atoms with Crippen LogP contribution in [0.3, 0.4) is 0 Å². The van der Waals surface area contributed by atoms with Crippen molar-refractivity contribution >= 4 is 27.5 Å². The number of para-hydroxylation sites is 2. The van der Waals surface area contributed by atoms with E-state index in [0.29, 0.717) is 23.8 Å². The molecule has 0 aromatic heterocycles. The number of nitrogens with one attached hydrogen (secondary N) is 3. The number of aryl methyl sites for hydroxylation is 1. The van der Waals surface area contributed by atoms with E-state index < -0.39 is 21.8 Å². The molecule has 0 fully saturated rings. The molecule has 0 saturated heterocycles. The lowest BCUT2D eigenvalue weighted by atomic mass is 10.2. The van der Waals surface area contributed by atoms with Gasteiger partial charge in [0.25, 0.3) is 21.8 Å². The molecule has 9 nitrogen and oxygen atoms in total. The van der Waals surface area contributed by atoms with Crippen LogP contribution < -0.4 is 25.0 Å². The summed E-state index contributed by atoms with van der Waals surface area (Å²) in [6.45, 7) is 3.81. The molecule has 0 aliphatic rings. The SMILES string of the molecule is CCOc1ccccc1OCC(=O)NNC(=O)c1cccc(S(=O)(=O)Nc2ccc(C)cc2)c1. The fourth-order valence-corrected chi connectivity index (χ4v) is 3.97. The highest BCUT2D eigenvalue weighted by Crippen LogP contribution is 2.26. The maximum atomic E-state index is 12.7. The van der Waals surface area contributed by atoms with Gasteiger partial charge in [-0.05, 0) is 56.3 Å². The number of hydrazine groups is 1. The van der Waals surface area contributed by atoms with Crippen molar-refractivity contribution < 1.29 is 27.5 Å². The lowest BCUT2D eigenvalue weighted by Gasteiger charge is -2.12. The first-order chi connectivity index (χ1) is 16.3. The minimum Gasteiger partial charge on any atom is -0.490 e. The van der Waals surface area contributed by atoms with Crippen LogP contribution in [0.15, 0.2) is 77.7 Å². The largest absolute Gasteiger partial charge is 0.490 e. The number of hydrogen-bond donors (Lipinski definition) is 3. The molecule has 0 atom stereocenters. The van der Waals surface area contributed by atoms with Crippen LogP contribution in [0.1, 0.15) is 22.8 Å². The van der Waals surface area contributed by atoms with Crippen molar-refractivity contribution in [2.24, 2.45) is 0 Å². The van der Waals surface area contributed by atoms with Crippen LogP contribution in [-0.4, -0.2) is 33.4 Å². The fraction of sp³-hybridized carbons (Fsp3) is 0.167. The zero-order valence-electron chi connectivity index (χ0n) is 18.7. The molecular weight excluding hydrogens is 458 g/mol. The topological polar surface area (TPSA) is 123 Å². The summed E-state index contributed by atoms with van der Waals surface area (Å²) in [5.74, 6) is -0.399. The normalized spacial score (nSPS) is 10.8. The average Bonchev–Trinajstić information content (AvgIpc) is 2.83. The number of amides is 2. The van der Waals surface area contributed by atoms with Crippen LogP contribution in [0, 0.1) is 6.92 Å². The molecule has 34 heavy (non-hydrogen) atoms. The summed E-state index contributed by atoms with van der Waals surface area (Å²) in [6.07, 6.45) is 0. The summed E-state index contributed by atoms with van der Waals surface area (Å²) in [5, 5.41) is 0. The second-order valence-corrected chi connectivity index (χ2v) is 8.85. The Kier molecular flexibility index (Phi) is 8.10. The summed E-state index contributed by atoms with van der Waals surface area (Å²) >= 11 is 0. The number of carbonyl (C=O) groups is 2. The molecule has 3 aromatic carbocycles. The first kappa shape index (κ1) is 24.6. The highest BCUT2D eigenvalue weighted by Gasteiger charge is 2.17. The number of ether oxygens (including phenoxy) is 2. The highest BCUT2D eigenvalue weighted by atomic mass is 32.2. The molecule has 3 N–H and O–H groups in total. The van der Waals surface area contributed by atoms with Crippen molar-refractivity contribution in [2.45, 2.75) is 18.7 Å². The number of benzene rings is 3. The Labute approximate surface area is 198 Å². The van der Waals surface area contributed by atoms with E-state index in [1.165, 1.54) is 24.3 Å². The Morgan fingerprint density at radius 1 is 0.853 bits per heavy atom. The second kappa shape index (κ2) is 11.2. The third-order valence-electron chi connectivity index (χ3n) is 4.53. The quantitative estimate of drug-likeness (QED) is 0.402. The summed E-state index contributed by atoms with van der Waals surface area (Å²) in [5.41, 5.74) is 5.93. The summed E-state index contributed by atoms with van der Waals surface area (Å²) in [7, 11) is -3.91. The maximum Gasteiger partial charge on any atom is 0.276 e. The molecule has 0 unspecified atom stereocenters. The van der Waals surface area contributed by atoms with E-state index in [-0.39, 0.29) is 17.1 Å². The highest BCUT2D eigenvalue weighted by molar-refractivity contribution is 7.92. The van der Waals surface area contributed by atoms with Gasteiger partial charge in [0.2, 0.25) is 0 Å². The summed E-state index contributed by atoms with van der Waals surface area (Å²) in [6, 6.07) is 19.2. The third-order valence-corrected chi connectivity index (χ3v) is 5.91. The molecule has 0 bridgehead atoms. The molecule has 0 spiro atoms. The van der Waals surface area contributed by atoms with Gasteiger partial charge in [0.15, 0.2) is 18.1 Å². The molecule has 0 aliphatic heterocycles. The standard InChI is InChI=1S/C24H25N3O6S/c1-3-32-21-9-4-5-10-22(21)33-16-23(28)25-26-24(29)18-7-6-8-20(15-18)34(30,31)27-19-13-11-17(2)12-14-19/h4-15,27H,3,16H2,1-2H3,(H,25,28)(H,26,29). The minimum atomic E-state index is -3.91. The lowest BCUT2D eigenvalue weighted by Crippen LogP contribution is -2.43. The van der Waals surface area contributed by atoms with Crippen LogP contribution in [0.5, 0.6) is 11.5 Å². The van der Waals surface area contributed by atoms with E-state index in [1.54, 1.807) is 48.5 Å². The Bertz CT molecular complexity index is 1260. The van der Waals surface area contributed by atoms with E-state index in [9.17, 15) is 18.0 Å². The Balaban J connectivity index is 1.57. The van der Waals surface area contributed by atoms with Crippen LogP contribution in [0.4, 0.5) is 5.69 Å². The van der Waals surface area contributed by atoms with Gasteiger partial charge in [0.1, 0.15) is 0 Å². The van der Waals surface area contributed by atoms with E-state index >= 15 is 0 Å². The first-order valence-electron chi connectivity index (χ1n) is 10.4. The molecular formula is C24H25N3O6S. The molecule has 0 heterocycles. The molecule has 2 amide bonds. The number of carbonyl (C=O) groups excluding carboxylic acids is 2. The summed E-state index contributed by atoms with van der Waals surface area (Å²) in [4.78, 5) is 24.4. The number of rotatable bonds is 9. The van der Waals surface area contributed by atoms with Crippen molar-refractivity contribution in [1.82, 2.24) is 10.9 Å². The average molecular weight is 484 g/mol. The van der Waals surface area contributed by atoms with Crippen LogP contribution in [0.2, 0.25) is 0 Å². The molecule has 0 aliphatic carbocycles. The smallest absolute Gasteiger partial charge is 0.276 e. The van der Waals surface area contributed by atoms with Gasteiger partial charge in [-0.25, -0.2) is 8.42 Å². The van der Waals surface area contributed by atoms with Gasteiger partial charge in [0.05, 0.1) is 11.5 Å². The van der Waals surface area contributed by atoms with Crippen molar-refractivity contribution in [3.8, 4) is 11.5 Å². The van der Waals surface area contributed by atoms with E-state index in [1.807, 2.05) is 13.8 Å². The van der Waals surface area contributed by atoms with Gasteiger partial charge in [-0.2, -0.15) is 0 Å². The number of sulfonamides is 1. The van der Waals surface area contributed by atoms with E-state index in [0.717, 1.165) is 5.56 Å². The van der Waals surface area contributed by atoms with Gasteiger partial charge >= 0.3 is 0 Å². The lowest BCUT2D eigenvalue weighted by molar-refractivity contribution is -0.123. The zero-order valence-corrected chi connectivity index (χ0v) is 19.5. The van der Waals surface area contributed by atoms with Crippen LogP contribution >= 0.6 is 0 Å². The Hall–Kier alpha value is -4.05. The molecule has 3 rings (SSSR count). The van der Waals surface area contributed by atoms with E-state index in [4.69, 9.17) is 9.47 Å². The maximum absolute atomic E-state index is 12.7. The predicted octanol–water partition coefficient (Wildman–Crippen LogP) is 3.03. The van der Waals surface area contributed by atoms with Crippen LogP contribution in [-0.2, 0) is 14.8 Å². The molecule has 3 aromatic rings. The van der Waals surface area contributed by atoms with E-state index in [2.05, 4.69) is 15.6 Å². The minimum absolute atomic E-state index is 0.0506.